The molecule has 0 fully saturated rings. The largest absolute Gasteiger partial charge is 0.468 e. The summed E-state index contributed by atoms with van der Waals surface area (Å²) in [5.41, 5.74) is 5.36. The first kappa shape index (κ1) is 29.3. The highest BCUT2D eigenvalue weighted by Crippen LogP contribution is 2.34. The molecule has 0 aliphatic carbocycles. The van der Waals surface area contributed by atoms with Gasteiger partial charge in [-0.3, -0.25) is 4.90 Å². The van der Waals surface area contributed by atoms with Crippen LogP contribution in [-0.4, -0.2) is 55.5 Å². The smallest absolute Gasteiger partial charge is 0.422 e. The third-order valence-electron chi connectivity index (χ3n) is 6.75. The van der Waals surface area contributed by atoms with E-state index in [9.17, 15) is 26.7 Å². The van der Waals surface area contributed by atoms with E-state index in [0.29, 0.717) is 30.8 Å². The fourth-order valence-electron chi connectivity index (χ4n) is 4.65. The number of hydroxylamine groups is 1. The number of rotatable bonds is 8. The van der Waals surface area contributed by atoms with E-state index in [1.165, 1.54) is 12.3 Å². The molecule has 0 saturated heterocycles. The molecule has 2 aliphatic rings. The number of halogens is 3. The normalized spacial score (nSPS) is 19.5. The van der Waals surface area contributed by atoms with Crippen molar-refractivity contribution in [1.82, 2.24) is 20.1 Å². The summed E-state index contributed by atoms with van der Waals surface area (Å²) in [6, 6.07) is 7.99. The molecule has 0 radical (unpaired) electrons. The number of alkyl halides is 3. The molecular weight excluding hydrogens is 537 g/mol. The molecule has 2 aromatic rings. The molecule has 3 N–H and O–H groups in total. The molecule has 3 heterocycles. The monoisotopic (exact) mass is 570 g/mol. The van der Waals surface area contributed by atoms with E-state index in [0.717, 1.165) is 16.7 Å². The average Bonchev–Trinajstić information content (AvgIpc) is 3.28. The minimum absolute atomic E-state index is 0.0897. The second-order valence-corrected chi connectivity index (χ2v) is 12.4. The Morgan fingerprint density at radius 3 is 2.59 bits per heavy atom. The van der Waals surface area contributed by atoms with Gasteiger partial charge in [0.05, 0.1) is 11.5 Å². The number of aromatic nitrogens is 1. The van der Waals surface area contributed by atoms with Crippen molar-refractivity contribution in [3.05, 3.63) is 64.6 Å². The Hall–Kier alpha value is -2.71. The maximum Gasteiger partial charge on any atom is 0.422 e. The first-order chi connectivity index (χ1) is 18.2. The number of aliphatic hydroxyl groups excluding tert-OH is 1. The topological polar surface area (TPSA) is 113 Å². The highest BCUT2D eigenvalue weighted by atomic mass is 32.2. The molecule has 1 unspecified atom stereocenters. The van der Waals surface area contributed by atoms with Crippen LogP contribution >= 0.6 is 0 Å². The van der Waals surface area contributed by atoms with Crippen molar-refractivity contribution in [3.63, 3.8) is 0 Å². The van der Waals surface area contributed by atoms with Crippen LogP contribution in [0.4, 0.5) is 13.2 Å². The SMILES string of the molecule is C[C@H](c1ccc(OCC(F)(F)F)nc1)N1CCc2ccc(S(=O)(=O)NC3NOC(C(C)(C)C)=C3CO)cc2C1. The zero-order valence-electron chi connectivity index (χ0n) is 22.2. The van der Waals surface area contributed by atoms with E-state index < -0.39 is 34.4 Å². The van der Waals surface area contributed by atoms with Gasteiger partial charge in [-0.05, 0) is 42.2 Å². The molecule has 9 nitrogen and oxygen atoms in total. The predicted octanol–water partition coefficient (Wildman–Crippen LogP) is 3.57. The molecule has 13 heteroatoms. The van der Waals surface area contributed by atoms with Gasteiger partial charge in [-0.1, -0.05) is 32.9 Å². The van der Waals surface area contributed by atoms with E-state index >= 15 is 0 Å². The average molecular weight is 571 g/mol. The van der Waals surface area contributed by atoms with Crippen LogP contribution in [0.15, 0.2) is 52.8 Å². The Balaban J connectivity index is 1.47. The van der Waals surface area contributed by atoms with Crippen molar-refractivity contribution >= 4 is 10.0 Å². The van der Waals surface area contributed by atoms with Crippen molar-refractivity contribution in [2.75, 3.05) is 19.8 Å². The summed E-state index contributed by atoms with van der Waals surface area (Å²) in [5.74, 6) is 0.382. The molecule has 0 amide bonds. The Morgan fingerprint density at radius 1 is 1.23 bits per heavy atom. The number of ether oxygens (including phenoxy) is 1. The summed E-state index contributed by atoms with van der Waals surface area (Å²) in [5, 5.41) is 9.87. The van der Waals surface area contributed by atoms with E-state index in [1.807, 2.05) is 33.8 Å². The lowest BCUT2D eigenvalue weighted by Crippen LogP contribution is -2.43. The van der Waals surface area contributed by atoms with Crippen LogP contribution in [0.1, 0.15) is 50.4 Å². The zero-order chi connectivity index (χ0) is 28.6. The van der Waals surface area contributed by atoms with Gasteiger partial charge in [0.15, 0.2) is 6.61 Å². The second-order valence-electron chi connectivity index (χ2n) is 10.7. The first-order valence-electron chi connectivity index (χ1n) is 12.5. The first-order valence-corrected chi connectivity index (χ1v) is 14.0. The predicted molar refractivity (Wildman–Crippen MR) is 137 cm³/mol. The molecule has 0 bridgehead atoms. The number of hydrogen-bond acceptors (Lipinski definition) is 8. The summed E-state index contributed by atoms with van der Waals surface area (Å²) >= 11 is 0. The highest BCUT2D eigenvalue weighted by molar-refractivity contribution is 7.89. The van der Waals surface area contributed by atoms with Gasteiger partial charge in [0, 0.05) is 42.4 Å². The number of nitrogens with one attached hydrogen (secondary N) is 2. The van der Waals surface area contributed by atoms with Gasteiger partial charge in [-0.25, -0.2) is 13.4 Å². The van der Waals surface area contributed by atoms with E-state index in [-0.39, 0.29) is 23.4 Å². The number of aliphatic hydroxyl groups is 1. The number of allylic oxidation sites excluding steroid dienone is 1. The third kappa shape index (κ3) is 6.90. The summed E-state index contributed by atoms with van der Waals surface area (Å²) in [7, 11) is -3.96. The number of hydrogen-bond donors (Lipinski definition) is 3. The van der Waals surface area contributed by atoms with Crippen LogP contribution in [-0.2, 0) is 27.8 Å². The van der Waals surface area contributed by atoms with Crippen molar-refractivity contribution in [1.29, 1.82) is 0 Å². The van der Waals surface area contributed by atoms with Crippen molar-refractivity contribution < 1.29 is 36.3 Å². The summed E-state index contributed by atoms with van der Waals surface area (Å²) in [4.78, 5) is 11.7. The number of pyridine rings is 1. The molecule has 0 spiro atoms. The van der Waals surface area contributed by atoms with Crippen LogP contribution in [0.5, 0.6) is 5.88 Å². The lowest BCUT2D eigenvalue weighted by atomic mass is 9.90. The summed E-state index contributed by atoms with van der Waals surface area (Å²) in [6.45, 7) is 7.09. The van der Waals surface area contributed by atoms with Gasteiger partial charge in [-0.2, -0.15) is 17.9 Å². The van der Waals surface area contributed by atoms with Crippen LogP contribution in [0.25, 0.3) is 0 Å². The van der Waals surface area contributed by atoms with Crippen LogP contribution in [0, 0.1) is 5.41 Å². The maximum atomic E-state index is 13.3. The molecule has 214 valence electrons. The lowest BCUT2D eigenvalue weighted by molar-refractivity contribution is -0.154. The summed E-state index contributed by atoms with van der Waals surface area (Å²) < 4.78 is 70.9. The number of benzene rings is 1. The standard InChI is InChI=1S/C26H33F3N4O5S/c1-16(18-6-8-22(30-12-18)37-15-26(27,28)29)33-10-9-17-5-7-20(11-19(17)13-33)39(35,36)32-24-21(14-34)23(38-31-24)25(2,3)4/h5-8,11-12,16,24,31-32,34H,9-10,13-15H2,1-4H3/t16-,24?/m1/s1. The minimum atomic E-state index is -4.44. The van der Waals surface area contributed by atoms with Crippen LogP contribution in [0.2, 0.25) is 0 Å². The van der Waals surface area contributed by atoms with Gasteiger partial charge in [-0.15, -0.1) is 5.48 Å². The molecule has 2 atom stereocenters. The van der Waals surface area contributed by atoms with Gasteiger partial charge in [0.25, 0.3) is 0 Å². The third-order valence-corrected chi connectivity index (χ3v) is 8.17. The minimum Gasteiger partial charge on any atom is -0.468 e. The van der Waals surface area contributed by atoms with Gasteiger partial charge in [0.1, 0.15) is 11.9 Å². The van der Waals surface area contributed by atoms with E-state index in [1.54, 1.807) is 18.2 Å². The molecule has 1 aromatic carbocycles. The Labute approximate surface area is 226 Å². The van der Waals surface area contributed by atoms with Gasteiger partial charge < -0.3 is 14.7 Å². The second kappa shape index (κ2) is 11.0. The Morgan fingerprint density at radius 2 is 1.97 bits per heavy atom. The van der Waals surface area contributed by atoms with Crippen molar-refractivity contribution in [2.45, 2.75) is 63.9 Å². The number of nitrogens with zero attached hydrogens (tertiary/aromatic N) is 2. The molecule has 39 heavy (non-hydrogen) atoms. The van der Waals surface area contributed by atoms with Crippen LogP contribution < -0.4 is 14.9 Å². The van der Waals surface area contributed by atoms with Crippen molar-refractivity contribution in [2.24, 2.45) is 5.41 Å². The van der Waals surface area contributed by atoms with Gasteiger partial charge in [0.2, 0.25) is 15.9 Å². The molecule has 4 rings (SSSR count). The van der Waals surface area contributed by atoms with E-state index in [2.05, 4.69) is 24.8 Å². The van der Waals surface area contributed by atoms with Crippen LogP contribution in [0.3, 0.4) is 0 Å². The molecule has 0 saturated carbocycles. The Kier molecular flexibility index (Phi) is 8.29. The molecule has 1 aromatic heterocycles. The fourth-order valence-corrected chi connectivity index (χ4v) is 5.83. The van der Waals surface area contributed by atoms with E-state index in [4.69, 9.17) is 4.84 Å². The number of fused-ring (bicyclic) bond motifs is 1. The maximum absolute atomic E-state index is 13.3. The Bertz CT molecular complexity index is 1320. The molecular formula is C26H33F3N4O5S. The highest BCUT2D eigenvalue weighted by Gasteiger charge is 2.36. The fraction of sp³-hybridized carbons (Fsp3) is 0.500. The molecule has 2 aliphatic heterocycles. The quantitative estimate of drug-likeness (QED) is 0.442. The van der Waals surface area contributed by atoms with Gasteiger partial charge >= 0.3 is 6.18 Å². The lowest BCUT2D eigenvalue weighted by Gasteiger charge is -2.34. The van der Waals surface area contributed by atoms with Crippen molar-refractivity contribution in [3.8, 4) is 5.88 Å². The summed E-state index contributed by atoms with van der Waals surface area (Å²) in [6.07, 6.45) is -3.15. The zero-order valence-corrected chi connectivity index (χ0v) is 23.0. The number of sulfonamides is 1.